The third kappa shape index (κ3) is 3.90. The molecule has 0 aliphatic heterocycles. The summed E-state index contributed by atoms with van der Waals surface area (Å²) in [5.74, 6) is 0. The summed E-state index contributed by atoms with van der Waals surface area (Å²) in [4.78, 5) is 2.58. The number of aliphatic hydroxyl groups excluding tert-OH is 1. The molecule has 0 saturated heterocycles. The van der Waals surface area contributed by atoms with Gasteiger partial charge >= 0.3 is 0 Å². The Bertz CT molecular complexity index is 453. The lowest BCUT2D eigenvalue weighted by molar-refractivity contribution is 0.0644. The molecule has 2 rings (SSSR count). The fourth-order valence-corrected chi connectivity index (χ4v) is 3.30. The van der Waals surface area contributed by atoms with E-state index in [2.05, 4.69) is 34.3 Å². The monoisotopic (exact) mass is 283 g/mol. The van der Waals surface area contributed by atoms with Gasteiger partial charge in [-0.1, -0.05) is 6.07 Å². The summed E-state index contributed by atoms with van der Waals surface area (Å²) >= 11 is 3.50. The molecule has 0 aliphatic rings. The first kappa shape index (κ1) is 13.7. The van der Waals surface area contributed by atoms with Crippen molar-refractivity contribution in [2.75, 3.05) is 20.3 Å². The number of nitrogens with one attached hydrogen (secondary N) is 1. The van der Waals surface area contributed by atoms with E-state index in [0.29, 0.717) is 13.2 Å². The van der Waals surface area contributed by atoms with Crippen molar-refractivity contribution in [2.24, 2.45) is 0 Å². The van der Waals surface area contributed by atoms with Crippen LogP contribution in [0.1, 0.15) is 4.88 Å². The van der Waals surface area contributed by atoms with E-state index in [1.807, 2.05) is 0 Å². The molecule has 0 aliphatic carbocycles. The van der Waals surface area contributed by atoms with Crippen LogP contribution in [0.25, 0.3) is 10.4 Å². The molecule has 3 nitrogen and oxygen atoms in total. The summed E-state index contributed by atoms with van der Waals surface area (Å²) in [6, 6.07) is 6.40. The molecule has 2 aromatic heterocycles. The standard InChI is InChI=1S/C13H17NO2S2/c1-16-8-11(15)6-14-7-12-5-10(9-18-12)13-3-2-4-17-13/h2-5,9,11,14-15H,6-8H2,1H3. The molecule has 5 heteroatoms. The Hall–Kier alpha value is -0.720. The van der Waals surface area contributed by atoms with Crippen LogP contribution in [0.3, 0.4) is 0 Å². The van der Waals surface area contributed by atoms with Crippen LogP contribution >= 0.6 is 22.7 Å². The van der Waals surface area contributed by atoms with E-state index < -0.39 is 6.10 Å². The van der Waals surface area contributed by atoms with Crippen LogP contribution in [-0.2, 0) is 11.3 Å². The van der Waals surface area contributed by atoms with Gasteiger partial charge in [-0.15, -0.1) is 22.7 Å². The summed E-state index contributed by atoms with van der Waals surface area (Å²) in [7, 11) is 1.59. The quantitative estimate of drug-likeness (QED) is 0.820. The van der Waals surface area contributed by atoms with Crippen LogP contribution < -0.4 is 5.32 Å². The molecule has 0 radical (unpaired) electrons. The second-order valence-corrected chi connectivity index (χ2v) is 5.96. The van der Waals surface area contributed by atoms with Gasteiger partial charge in [0.05, 0.1) is 12.7 Å². The van der Waals surface area contributed by atoms with Crippen molar-refractivity contribution in [3.8, 4) is 10.4 Å². The lowest BCUT2D eigenvalue weighted by atomic mass is 10.2. The molecule has 0 fully saturated rings. The SMILES string of the molecule is COCC(O)CNCc1cc(-c2cccs2)cs1. The fraction of sp³-hybridized carbons (Fsp3) is 0.385. The predicted molar refractivity (Wildman–Crippen MR) is 77.2 cm³/mol. The maximum absolute atomic E-state index is 9.50. The first-order valence-electron chi connectivity index (χ1n) is 5.78. The fourth-order valence-electron chi connectivity index (χ4n) is 1.66. The van der Waals surface area contributed by atoms with Gasteiger partial charge in [0.25, 0.3) is 0 Å². The second kappa shape index (κ2) is 7.01. The number of ether oxygens (including phenoxy) is 1. The van der Waals surface area contributed by atoms with Crippen LogP contribution in [0.2, 0.25) is 0 Å². The predicted octanol–water partition coefficient (Wildman–Crippen LogP) is 2.57. The highest BCUT2D eigenvalue weighted by Gasteiger charge is 2.05. The summed E-state index contributed by atoms with van der Waals surface area (Å²) in [5.41, 5.74) is 1.28. The maximum Gasteiger partial charge on any atom is 0.0897 e. The van der Waals surface area contributed by atoms with Crippen LogP contribution in [0.4, 0.5) is 0 Å². The van der Waals surface area contributed by atoms with E-state index in [9.17, 15) is 5.11 Å². The Kier molecular flexibility index (Phi) is 5.34. The topological polar surface area (TPSA) is 41.5 Å². The van der Waals surface area contributed by atoms with Crippen LogP contribution in [0.15, 0.2) is 29.0 Å². The minimum Gasteiger partial charge on any atom is -0.389 e. The summed E-state index contributed by atoms with van der Waals surface area (Å²) < 4.78 is 4.87. The Balaban J connectivity index is 1.81. The van der Waals surface area contributed by atoms with Crippen LogP contribution in [0, 0.1) is 0 Å². The molecule has 2 heterocycles. The first-order valence-corrected chi connectivity index (χ1v) is 7.54. The molecule has 1 unspecified atom stereocenters. The zero-order chi connectivity index (χ0) is 12.8. The maximum atomic E-state index is 9.50. The molecule has 2 N–H and O–H groups in total. The zero-order valence-corrected chi connectivity index (χ0v) is 11.9. The molecule has 1 atom stereocenters. The zero-order valence-electron chi connectivity index (χ0n) is 10.3. The van der Waals surface area contributed by atoms with E-state index in [1.165, 1.54) is 15.3 Å². The van der Waals surface area contributed by atoms with Gasteiger partial charge in [0.1, 0.15) is 0 Å². The van der Waals surface area contributed by atoms with Gasteiger partial charge in [0.2, 0.25) is 0 Å². The normalized spacial score (nSPS) is 12.8. The van der Waals surface area contributed by atoms with Gasteiger partial charge in [-0.25, -0.2) is 0 Å². The highest BCUT2D eigenvalue weighted by molar-refractivity contribution is 7.14. The minimum absolute atomic E-state index is 0.373. The first-order chi connectivity index (χ1) is 8.79. The van der Waals surface area contributed by atoms with Crippen molar-refractivity contribution in [2.45, 2.75) is 12.6 Å². The lowest BCUT2D eigenvalue weighted by Crippen LogP contribution is -2.29. The van der Waals surface area contributed by atoms with Crippen molar-refractivity contribution >= 4 is 22.7 Å². The average Bonchev–Trinajstić information content (AvgIpc) is 2.99. The van der Waals surface area contributed by atoms with E-state index in [4.69, 9.17) is 4.74 Å². The summed E-state index contributed by atoms with van der Waals surface area (Å²) in [6.07, 6.45) is -0.438. The van der Waals surface area contributed by atoms with E-state index in [0.717, 1.165) is 6.54 Å². The highest BCUT2D eigenvalue weighted by Crippen LogP contribution is 2.29. The van der Waals surface area contributed by atoms with E-state index in [-0.39, 0.29) is 0 Å². The lowest BCUT2D eigenvalue weighted by Gasteiger charge is -2.09. The second-order valence-electron chi connectivity index (χ2n) is 4.02. The molecule has 2 aromatic rings. The smallest absolute Gasteiger partial charge is 0.0897 e. The molecule has 0 spiro atoms. The van der Waals surface area contributed by atoms with E-state index >= 15 is 0 Å². The van der Waals surface area contributed by atoms with Crippen LogP contribution in [-0.4, -0.2) is 31.5 Å². The van der Waals surface area contributed by atoms with Gasteiger partial charge in [-0.2, -0.15) is 0 Å². The van der Waals surface area contributed by atoms with Crippen molar-refractivity contribution in [1.29, 1.82) is 0 Å². The average molecular weight is 283 g/mol. The Morgan fingerprint density at radius 2 is 2.33 bits per heavy atom. The Morgan fingerprint density at radius 3 is 3.06 bits per heavy atom. The van der Waals surface area contributed by atoms with Crippen molar-refractivity contribution in [1.82, 2.24) is 5.32 Å². The van der Waals surface area contributed by atoms with Crippen molar-refractivity contribution in [3.63, 3.8) is 0 Å². The molecule has 18 heavy (non-hydrogen) atoms. The number of hydrogen-bond acceptors (Lipinski definition) is 5. The summed E-state index contributed by atoms with van der Waals surface area (Å²) in [6.45, 7) is 1.72. The third-order valence-electron chi connectivity index (χ3n) is 2.50. The van der Waals surface area contributed by atoms with Gasteiger partial charge < -0.3 is 15.2 Å². The minimum atomic E-state index is -0.438. The Labute approximate surface area is 115 Å². The number of rotatable bonds is 7. The van der Waals surface area contributed by atoms with Crippen molar-refractivity contribution in [3.05, 3.63) is 33.8 Å². The summed E-state index contributed by atoms with van der Waals surface area (Å²) in [5, 5.41) is 17.0. The number of aliphatic hydroxyl groups is 1. The highest BCUT2D eigenvalue weighted by atomic mass is 32.1. The molecule has 98 valence electrons. The number of thiophene rings is 2. The van der Waals surface area contributed by atoms with Gasteiger partial charge in [-0.3, -0.25) is 0 Å². The van der Waals surface area contributed by atoms with E-state index in [1.54, 1.807) is 29.8 Å². The molecule has 0 aromatic carbocycles. The molecule has 0 amide bonds. The van der Waals surface area contributed by atoms with Crippen molar-refractivity contribution < 1.29 is 9.84 Å². The van der Waals surface area contributed by atoms with Gasteiger partial charge in [0, 0.05) is 35.5 Å². The third-order valence-corrected chi connectivity index (χ3v) is 4.35. The molecule has 0 bridgehead atoms. The number of methoxy groups -OCH3 is 1. The van der Waals surface area contributed by atoms with Gasteiger partial charge in [-0.05, 0) is 22.9 Å². The molecule has 0 saturated carbocycles. The Morgan fingerprint density at radius 1 is 1.44 bits per heavy atom. The molecular weight excluding hydrogens is 266 g/mol. The van der Waals surface area contributed by atoms with Gasteiger partial charge in [0.15, 0.2) is 0 Å². The molecular formula is C13H17NO2S2. The largest absolute Gasteiger partial charge is 0.389 e. The number of hydrogen-bond donors (Lipinski definition) is 2. The van der Waals surface area contributed by atoms with Crippen LogP contribution in [0.5, 0.6) is 0 Å².